The minimum absolute atomic E-state index is 0.0949. The summed E-state index contributed by atoms with van der Waals surface area (Å²) in [6, 6.07) is 15.8. The van der Waals surface area contributed by atoms with E-state index in [2.05, 4.69) is 22.9 Å². The summed E-state index contributed by atoms with van der Waals surface area (Å²) in [6.07, 6.45) is 4.11. The zero-order valence-electron chi connectivity index (χ0n) is 18.7. The standard InChI is InChI=1S/C25H27N3O3S/c1-17(2)31-20-11-9-19(10-12-20)30-14-13-28-16-18(21-7-5-6-8-22(21)28)15-23-24(29)27(4)25(32)26(23)3/h5-12,15-17H,13-14H2,1-4H3. The SMILES string of the molecule is CC(C)Oc1ccc(OCCn2cc(C=C3C(=O)N(C)C(=S)N3C)c3ccccc32)cc1. The van der Waals surface area contributed by atoms with Gasteiger partial charge in [0.25, 0.3) is 5.91 Å². The molecule has 0 atom stereocenters. The van der Waals surface area contributed by atoms with Crippen LogP contribution in [0.5, 0.6) is 11.5 Å². The lowest BCUT2D eigenvalue weighted by atomic mass is 10.1. The third kappa shape index (κ3) is 4.34. The van der Waals surface area contributed by atoms with E-state index in [9.17, 15) is 4.79 Å². The molecule has 1 amide bonds. The van der Waals surface area contributed by atoms with E-state index in [1.807, 2.05) is 63.4 Å². The fraction of sp³-hybridized carbons (Fsp3) is 0.280. The van der Waals surface area contributed by atoms with Crippen LogP contribution in [0.4, 0.5) is 0 Å². The first-order chi connectivity index (χ1) is 15.3. The summed E-state index contributed by atoms with van der Waals surface area (Å²) in [5.41, 5.74) is 2.64. The van der Waals surface area contributed by atoms with Gasteiger partial charge in [-0.3, -0.25) is 9.69 Å². The van der Waals surface area contributed by atoms with Gasteiger partial charge in [-0.05, 0) is 62.5 Å². The number of aromatic nitrogens is 1. The van der Waals surface area contributed by atoms with Gasteiger partial charge in [-0.25, -0.2) is 0 Å². The van der Waals surface area contributed by atoms with Gasteiger partial charge in [-0.2, -0.15) is 0 Å². The van der Waals surface area contributed by atoms with Gasteiger partial charge in [0, 0.05) is 36.8 Å². The van der Waals surface area contributed by atoms with Gasteiger partial charge >= 0.3 is 0 Å². The average molecular weight is 450 g/mol. The third-order valence-electron chi connectivity index (χ3n) is 5.37. The van der Waals surface area contributed by atoms with Crippen LogP contribution >= 0.6 is 12.2 Å². The molecule has 1 saturated heterocycles. The molecule has 0 saturated carbocycles. The summed E-state index contributed by atoms with van der Waals surface area (Å²) in [5, 5.41) is 1.58. The maximum absolute atomic E-state index is 12.6. The van der Waals surface area contributed by atoms with E-state index in [1.165, 1.54) is 4.90 Å². The van der Waals surface area contributed by atoms with Crippen LogP contribution in [0, 0.1) is 0 Å². The number of carbonyl (C=O) groups excluding carboxylic acids is 1. The number of benzene rings is 2. The van der Waals surface area contributed by atoms with Crippen LogP contribution in [-0.2, 0) is 11.3 Å². The van der Waals surface area contributed by atoms with Gasteiger partial charge in [0.15, 0.2) is 5.11 Å². The highest BCUT2D eigenvalue weighted by Gasteiger charge is 2.32. The summed E-state index contributed by atoms with van der Waals surface area (Å²) in [5.74, 6) is 1.54. The normalized spacial score (nSPS) is 15.5. The molecule has 2 aromatic carbocycles. The highest BCUT2D eigenvalue weighted by molar-refractivity contribution is 7.80. The molecule has 1 aromatic heterocycles. The number of thiocarbonyl (C=S) groups is 1. The maximum Gasteiger partial charge on any atom is 0.276 e. The molecular weight excluding hydrogens is 422 g/mol. The van der Waals surface area contributed by atoms with Crippen molar-refractivity contribution >= 4 is 40.2 Å². The highest BCUT2D eigenvalue weighted by atomic mass is 32.1. The number of rotatable bonds is 7. The first-order valence-corrected chi connectivity index (χ1v) is 11.0. The minimum atomic E-state index is -0.0949. The summed E-state index contributed by atoms with van der Waals surface area (Å²) in [7, 11) is 3.52. The fourth-order valence-corrected chi connectivity index (χ4v) is 3.94. The molecule has 32 heavy (non-hydrogen) atoms. The van der Waals surface area contributed by atoms with Crippen LogP contribution in [0.1, 0.15) is 19.4 Å². The molecule has 0 bridgehead atoms. The lowest BCUT2D eigenvalue weighted by molar-refractivity contribution is -0.121. The van der Waals surface area contributed by atoms with E-state index in [1.54, 1.807) is 11.9 Å². The smallest absolute Gasteiger partial charge is 0.276 e. The van der Waals surface area contributed by atoms with Gasteiger partial charge in [-0.15, -0.1) is 0 Å². The molecule has 0 N–H and O–H groups in total. The van der Waals surface area contributed by atoms with E-state index in [4.69, 9.17) is 21.7 Å². The number of hydrogen-bond acceptors (Lipinski definition) is 4. The Morgan fingerprint density at radius 2 is 1.69 bits per heavy atom. The van der Waals surface area contributed by atoms with Crippen LogP contribution in [0.3, 0.4) is 0 Å². The van der Waals surface area contributed by atoms with Crippen molar-refractivity contribution in [3.63, 3.8) is 0 Å². The molecule has 0 aliphatic carbocycles. The fourth-order valence-electron chi connectivity index (χ4n) is 3.76. The number of ether oxygens (including phenoxy) is 2. The summed E-state index contributed by atoms with van der Waals surface area (Å²) >= 11 is 5.33. The highest BCUT2D eigenvalue weighted by Crippen LogP contribution is 2.27. The zero-order chi connectivity index (χ0) is 22.8. The topological polar surface area (TPSA) is 46.9 Å². The number of likely N-dealkylation sites (N-methyl/N-ethyl adjacent to an activating group) is 2. The number of amides is 1. The Morgan fingerprint density at radius 3 is 2.34 bits per heavy atom. The molecule has 1 fully saturated rings. The predicted octanol–water partition coefficient (Wildman–Crippen LogP) is 4.54. The molecule has 1 aliphatic heterocycles. The Balaban J connectivity index is 1.51. The number of para-hydroxylation sites is 1. The second-order valence-electron chi connectivity index (χ2n) is 8.02. The molecule has 0 unspecified atom stereocenters. The second kappa shape index (κ2) is 9.04. The van der Waals surface area contributed by atoms with Crippen molar-refractivity contribution in [2.45, 2.75) is 26.5 Å². The van der Waals surface area contributed by atoms with Crippen molar-refractivity contribution < 1.29 is 14.3 Å². The van der Waals surface area contributed by atoms with Crippen LogP contribution in [0.25, 0.3) is 17.0 Å². The van der Waals surface area contributed by atoms with Gasteiger partial charge in [0.1, 0.15) is 23.8 Å². The van der Waals surface area contributed by atoms with Gasteiger partial charge in [-0.1, -0.05) is 18.2 Å². The molecule has 1 aliphatic rings. The maximum atomic E-state index is 12.6. The quantitative estimate of drug-likeness (QED) is 0.392. The van der Waals surface area contributed by atoms with Crippen molar-refractivity contribution in [1.82, 2.24) is 14.4 Å². The Bertz CT molecular complexity index is 1180. The Morgan fingerprint density at radius 1 is 1.00 bits per heavy atom. The van der Waals surface area contributed by atoms with Crippen molar-refractivity contribution in [3.8, 4) is 11.5 Å². The van der Waals surface area contributed by atoms with Gasteiger partial charge in [0.2, 0.25) is 0 Å². The summed E-state index contributed by atoms with van der Waals surface area (Å²) < 4.78 is 13.8. The molecule has 166 valence electrons. The Labute approximate surface area is 193 Å². The van der Waals surface area contributed by atoms with Crippen molar-refractivity contribution in [3.05, 3.63) is 66.0 Å². The van der Waals surface area contributed by atoms with Crippen molar-refractivity contribution in [1.29, 1.82) is 0 Å². The van der Waals surface area contributed by atoms with Crippen LogP contribution in [-0.4, -0.2) is 52.2 Å². The lowest BCUT2D eigenvalue weighted by Crippen LogP contribution is -2.26. The number of carbonyl (C=O) groups is 1. The molecular formula is C25H27N3O3S. The molecule has 4 rings (SSSR count). The van der Waals surface area contributed by atoms with Crippen LogP contribution in [0.2, 0.25) is 0 Å². The van der Waals surface area contributed by atoms with Gasteiger partial charge in [0.05, 0.1) is 12.6 Å². The Kier molecular flexibility index (Phi) is 6.19. The third-order valence-corrected chi connectivity index (χ3v) is 5.91. The number of nitrogens with zero attached hydrogens (tertiary/aromatic N) is 3. The molecule has 6 nitrogen and oxygen atoms in total. The minimum Gasteiger partial charge on any atom is -0.492 e. The summed E-state index contributed by atoms with van der Waals surface area (Å²) in [6.45, 7) is 5.20. The molecule has 0 radical (unpaired) electrons. The number of fused-ring (bicyclic) bond motifs is 1. The molecule has 0 spiro atoms. The van der Waals surface area contributed by atoms with Crippen molar-refractivity contribution in [2.75, 3.05) is 20.7 Å². The van der Waals surface area contributed by atoms with Crippen molar-refractivity contribution in [2.24, 2.45) is 0 Å². The monoisotopic (exact) mass is 449 g/mol. The largest absolute Gasteiger partial charge is 0.492 e. The first-order valence-electron chi connectivity index (χ1n) is 10.6. The number of hydrogen-bond donors (Lipinski definition) is 0. The molecule has 7 heteroatoms. The molecule has 3 aromatic rings. The van der Waals surface area contributed by atoms with Crippen LogP contribution in [0.15, 0.2) is 60.4 Å². The zero-order valence-corrected chi connectivity index (χ0v) is 19.6. The van der Waals surface area contributed by atoms with E-state index in [0.29, 0.717) is 24.0 Å². The van der Waals surface area contributed by atoms with E-state index >= 15 is 0 Å². The van der Waals surface area contributed by atoms with E-state index in [0.717, 1.165) is 28.0 Å². The van der Waals surface area contributed by atoms with E-state index < -0.39 is 0 Å². The Hall–Kier alpha value is -3.32. The predicted molar refractivity (Wildman–Crippen MR) is 131 cm³/mol. The summed E-state index contributed by atoms with van der Waals surface area (Å²) in [4.78, 5) is 15.8. The van der Waals surface area contributed by atoms with E-state index in [-0.39, 0.29) is 12.0 Å². The average Bonchev–Trinajstić information content (AvgIpc) is 3.21. The second-order valence-corrected chi connectivity index (χ2v) is 8.38. The molecule has 2 heterocycles. The van der Waals surface area contributed by atoms with Gasteiger partial charge < -0.3 is 18.9 Å². The van der Waals surface area contributed by atoms with Crippen LogP contribution < -0.4 is 9.47 Å². The first kappa shape index (κ1) is 21.9. The lowest BCUT2D eigenvalue weighted by Gasteiger charge is -2.11.